The largest absolute Gasteiger partial charge is 0.507 e. The lowest BCUT2D eigenvalue weighted by atomic mass is 10.1. The van der Waals surface area contributed by atoms with Crippen LogP contribution in [-0.2, 0) is 6.42 Å². The lowest BCUT2D eigenvalue weighted by molar-refractivity contribution is 0.418. The molecule has 0 aliphatic carbocycles. The van der Waals surface area contributed by atoms with Gasteiger partial charge >= 0.3 is 0 Å². The van der Waals surface area contributed by atoms with Gasteiger partial charge in [-0.1, -0.05) is 23.4 Å². The van der Waals surface area contributed by atoms with E-state index in [-0.39, 0.29) is 17.5 Å². The minimum atomic E-state index is -0.299. The van der Waals surface area contributed by atoms with Gasteiger partial charge in [-0.05, 0) is 42.3 Å². The van der Waals surface area contributed by atoms with Crippen LogP contribution in [0.5, 0.6) is 5.75 Å². The van der Waals surface area contributed by atoms with Gasteiger partial charge in [0.25, 0.3) is 5.89 Å². The average Bonchev–Trinajstić information content (AvgIpc) is 2.87. The van der Waals surface area contributed by atoms with E-state index in [1.807, 2.05) is 13.0 Å². The van der Waals surface area contributed by atoms with Crippen LogP contribution in [0.3, 0.4) is 0 Å². The van der Waals surface area contributed by atoms with Gasteiger partial charge in [-0.3, -0.25) is 0 Å². The first-order valence-corrected chi connectivity index (χ1v) is 6.49. The second kappa shape index (κ2) is 5.36. The van der Waals surface area contributed by atoms with E-state index >= 15 is 0 Å². The van der Waals surface area contributed by atoms with Crippen LogP contribution in [0, 0.1) is 12.7 Å². The summed E-state index contributed by atoms with van der Waals surface area (Å²) in [6, 6.07) is 11.5. The molecule has 0 spiro atoms. The standard InChI is InChI=1S/C16H13FN2O2/c1-10-5-6-13(14(20)7-10)16-18-15(19-21-16)9-11-3-2-4-12(17)8-11/h2-8,20H,9H2,1H3. The van der Waals surface area contributed by atoms with E-state index in [9.17, 15) is 9.50 Å². The average molecular weight is 284 g/mol. The van der Waals surface area contributed by atoms with E-state index in [4.69, 9.17) is 4.52 Å². The van der Waals surface area contributed by atoms with E-state index < -0.39 is 0 Å². The SMILES string of the molecule is Cc1ccc(-c2nc(Cc3cccc(F)c3)no2)c(O)c1. The molecule has 0 unspecified atom stereocenters. The van der Waals surface area contributed by atoms with Crippen LogP contribution in [-0.4, -0.2) is 15.2 Å². The zero-order valence-corrected chi connectivity index (χ0v) is 11.4. The minimum absolute atomic E-state index is 0.0935. The van der Waals surface area contributed by atoms with Crippen molar-refractivity contribution < 1.29 is 14.0 Å². The molecule has 0 aliphatic rings. The number of benzene rings is 2. The van der Waals surface area contributed by atoms with Crippen molar-refractivity contribution >= 4 is 0 Å². The molecule has 1 heterocycles. The molecular weight excluding hydrogens is 271 g/mol. The molecular formula is C16H13FN2O2. The van der Waals surface area contributed by atoms with Gasteiger partial charge in [-0.2, -0.15) is 4.98 Å². The van der Waals surface area contributed by atoms with Crippen LogP contribution in [0.15, 0.2) is 47.0 Å². The minimum Gasteiger partial charge on any atom is -0.507 e. The molecule has 0 radical (unpaired) electrons. The second-order valence-corrected chi connectivity index (χ2v) is 4.84. The highest BCUT2D eigenvalue weighted by Gasteiger charge is 2.13. The number of hydrogen-bond acceptors (Lipinski definition) is 4. The Morgan fingerprint density at radius 3 is 2.81 bits per heavy atom. The van der Waals surface area contributed by atoms with Crippen molar-refractivity contribution in [2.24, 2.45) is 0 Å². The molecule has 0 atom stereocenters. The molecule has 2 aromatic carbocycles. The van der Waals surface area contributed by atoms with Gasteiger partial charge < -0.3 is 9.63 Å². The van der Waals surface area contributed by atoms with E-state index in [2.05, 4.69) is 10.1 Å². The molecule has 1 N–H and O–H groups in total. The zero-order valence-electron chi connectivity index (χ0n) is 11.4. The van der Waals surface area contributed by atoms with Crippen molar-refractivity contribution in [1.29, 1.82) is 0 Å². The van der Waals surface area contributed by atoms with Crippen molar-refractivity contribution in [3.63, 3.8) is 0 Å². The predicted molar refractivity (Wildman–Crippen MR) is 75.3 cm³/mol. The molecule has 0 aliphatic heterocycles. The fourth-order valence-electron chi connectivity index (χ4n) is 2.09. The zero-order chi connectivity index (χ0) is 14.8. The third-order valence-corrected chi connectivity index (χ3v) is 3.10. The first-order valence-electron chi connectivity index (χ1n) is 6.49. The number of aromatic nitrogens is 2. The Bertz CT molecular complexity index is 783. The molecule has 3 aromatic rings. The monoisotopic (exact) mass is 284 g/mol. The number of phenols is 1. The van der Waals surface area contributed by atoms with E-state index in [1.165, 1.54) is 12.1 Å². The molecule has 0 bridgehead atoms. The summed E-state index contributed by atoms with van der Waals surface area (Å²) >= 11 is 0. The second-order valence-electron chi connectivity index (χ2n) is 4.84. The van der Waals surface area contributed by atoms with Crippen molar-refractivity contribution in [2.45, 2.75) is 13.3 Å². The first-order chi connectivity index (χ1) is 10.1. The van der Waals surface area contributed by atoms with Gasteiger partial charge in [0.15, 0.2) is 5.82 Å². The maximum atomic E-state index is 13.1. The number of nitrogens with zero attached hydrogens (tertiary/aromatic N) is 2. The lowest BCUT2D eigenvalue weighted by Gasteiger charge is -2.00. The predicted octanol–water partition coefficient (Wildman–Crippen LogP) is 3.48. The topological polar surface area (TPSA) is 59.2 Å². The van der Waals surface area contributed by atoms with Crippen molar-refractivity contribution in [2.75, 3.05) is 0 Å². The molecule has 1 aromatic heterocycles. The van der Waals surface area contributed by atoms with Gasteiger partial charge in [0.2, 0.25) is 0 Å². The number of rotatable bonds is 3. The van der Waals surface area contributed by atoms with Gasteiger partial charge in [0, 0.05) is 6.42 Å². The summed E-state index contributed by atoms with van der Waals surface area (Å²) in [7, 11) is 0. The number of halogens is 1. The third kappa shape index (κ3) is 2.91. The van der Waals surface area contributed by atoms with E-state index in [0.29, 0.717) is 17.8 Å². The Hall–Kier alpha value is -2.69. The highest BCUT2D eigenvalue weighted by Crippen LogP contribution is 2.28. The van der Waals surface area contributed by atoms with Gasteiger partial charge in [0.1, 0.15) is 11.6 Å². The van der Waals surface area contributed by atoms with Gasteiger partial charge in [-0.25, -0.2) is 4.39 Å². The van der Waals surface area contributed by atoms with Gasteiger partial charge in [-0.15, -0.1) is 0 Å². The molecule has 0 saturated heterocycles. The van der Waals surface area contributed by atoms with Crippen molar-refractivity contribution in [3.8, 4) is 17.2 Å². The Morgan fingerprint density at radius 2 is 2.05 bits per heavy atom. The highest BCUT2D eigenvalue weighted by molar-refractivity contribution is 5.62. The molecule has 106 valence electrons. The Morgan fingerprint density at radius 1 is 1.19 bits per heavy atom. The van der Waals surface area contributed by atoms with E-state index in [1.54, 1.807) is 24.3 Å². The van der Waals surface area contributed by atoms with Crippen LogP contribution in [0.25, 0.3) is 11.5 Å². The first kappa shape index (κ1) is 13.3. The summed E-state index contributed by atoms with van der Waals surface area (Å²) in [5.41, 5.74) is 2.19. The fourth-order valence-corrected chi connectivity index (χ4v) is 2.09. The fraction of sp³-hybridized carbons (Fsp3) is 0.125. The molecule has 0 amide bonds. The highest BCUT2D eigenvalue weighted by atomic mass is 19.1. The van der Waals surface area contributed by atoms with Crippen LogP contribution in [0.1, 0.15) is 17.0 Å². The van der Waals surface area contributed by atoms with Crippen LogP contribution in [0.4, 0.5) is 4.39 Å². The molecule has 0 saturated carbocycles. The summed E-state index contributed by atoms with van der Waals surface area (Å²) < 4.78 is 18.3. The van der Waals surface area contributed by atoms with Crippen molar-refractivity contribution in [1.82, 2.24) is 10.1 Å². The molecule has 3 rings (SSSR count). The Kier molecular flexibility index (Phi) is 3.39. The maximum absolute atomic E-state index is 13.1. The lowest BCUT2D eigenvalue weighted by Crippen LogP contribution is -1.91. The van der Waals surface area contributed by atoms with Crippen LogP contribution >= 0.6 is 0 Å². The number of phenolic OH excluding ortho intramolecular Hbond substituents is 1. The number of hydrogen-bond donors (Lipinski definition) is 1. The quantitative estimate of drug-likeness (QED) is 0.800. The van der Waals surface area contributed by atoms with E-state index in [0.717, 1.165) is 11.1 Å². The summed E-state index contributed by atoms with van der Waals surface area (Å²) in [5, 5.41) is 13.8. The molecule has 5 heteroatoms. The smallest absolute Gasteiger partial charge is 0.261 e. The maximum Gasteiger partial charge on any atom is 0.261 e. The number of aryl methyl sites for hydroxylation is 1. The number of aromatic hydroxyl groups is 1. The molecule has 0 fully saturated rings. The summed E-state index contributed by atoms with van der Waals surface area (Å²) in [6.45, 7) is 1.88. The summed E-state index contributed by atoms with van der Waals surface area (Å²) in [5.74, 6) is 0.484. The molecule has 4 nitrogen and oxygen atoms in total. The molecule has 21 heavy (non-hydrogen) atoms. The summed E-state index contributed by atoms with van der Waals surface area (Å²) in [4.78, 5) is 4.24. The normalized spacial score (nSPS) is 10.8. The van der Waals surface area contributed by atoms with Crippen LogP contribution in [0.2, 0.25) is 0 Å². The van der Waals surface area contributed by atoms with Gasteiger partial charge in [0.05, 0.1) is 5.56 Å². The Balaban J connectivity index is 1.86. The third-order valence-electron chi connectivity index (χ3n) is 3.10. The summed E-state index contributed by atoms with van der Waals surface area (Å²) in [6.07, 6.45) is 0.369. The van der Waals surface area contributed by atoms with Crippen molar-refractivity contribution in [3.05, 3.63) is 65.2 Å². The Labute approximate surface area is 120 Å². The van der Waals surface area contributed by atoms with Crippen LogP contribution < -0.4 is 0 Å².